The molecule has 27 heavy (non-hydrogen) atoms. The molecular weight excluding hydrogens is 408 g/mol. The quantitative estimate of drug-likeness (QED) is 0.608. The van der Waals surface area contributed by atoms with E-state index in [1.807, 2.05) is 43.3 Å². The van der Waals surface area contributed by atoms with Crippen molar-refractivity contribution in [2.24, 2.45) is 5.92 Å². The van der Waals surface area contributed by atoms with E-state index in [0.29, 0.717) is 24.0 Å². The summed E-state index contributed by atoms with van der Waals surface area (Å²) in [6.07, 6.45) is 0. The van der Waals surface area contributed by atoms with Crippen molar-refractivity contribution >= 4 is 27.5 Å². The first-order chi connectivity index (χ1) is 12.9. The molecule has 0 aliphatic rings. The number of benzene rings is 2. The summed E-state index contributed by atoms with van der Waals surface area (Å²) in [4.78, 5) is 12.3. The van der Waals surface area contributed by atoms with Gasteiger partial charge in [-0.1, -0.05) is 47.5 Å². The molecule has 5 nitrogen and oxygen atoms in total. The summed E-state index contributed by atoms with van der Waals surface area (Å²) >= 11 is 3.57. The van der Waals surface area contributed by atoms with Crippen LogP contribution in [0.5, 0.6) is 11.5 Å². The lowest BCUT2D eigenvalue weighted by molar-refractivity contribution is -0.118. The summed E-state index contributed by atoms with van der Waals surface area (Å²) in [6, 6.07) is 11.4. The monoisotopic (exact) mass is 434 g/mol. The normalized spacial score (nSPS) is 10.7. The van der Waals surface area contributed by atoms with Crippen molar-refractivity contribution in [3.63, 3.8) is 0 Å². The van der Waals surface area contributed by atoms with Gasteiger partial charge in [-0.3, -0.25) is 4.79 Å². The van der Waals surface area contributed by atoms with Gasteiger partial charge in [0.05, 0.1) is 7.11 Å². The van der Waals surface area contributed by atoms with Crippen LogP contribution in [0.15, 0.2) is 40.9 Å². The van der Waals surface area contributed by atoms with Gasteiger partial charge in [0.2, 0.25) is 0 Å². The Labute approximate surface area is 169 Å². The number of rotatable bonds is 9. The predicted molar refractivity (Wildman–Crippen MR) is 113 cm³/mol. The third-order valence-electron chi connectivity index (χ3n) is 3.92. The van der Waals surface area contributed by atoms with Crippen LogP contribution in [0.2, 0.25) is 0 Å². The number of nitrogens with one attached hydrogen (secondary N) is 2. The molecule has 2 aromatic carbocycles. The Morgan fingerprint density at radius 2 is 1.85 bits per heavy atom. The van der Waals surface area contributed by atoms with E-state index in [1.165, 1.54) is 0 Å². The zero-order chi connectivity index (χ0) is 19.8. The summed E-state index contributed by atoms with van der Waals surface area (Å²) in [5, 5.41) is 6.24. The molecule has 0 aromatic heterocycles. The zero-order valence-electron chi connectivity index (χ0n) is 16.3. The van der Waals surface area contributed by atoms with Gasteiger partial charge in [-0.05, 0) is 43.7 Å². The highest BCUT2D eigenvalue weighted by Crippen LogP contribution is 2.36. The van der Waals surface area contributed by atoms with Crippen molar-refractivity contribution in [1.82, 2.24) is 5.32 Å². The van der Waals surface area contributed by atoms with E-state index in [4.69, 9.17) is 9.47 Å². The third kappa shape index (κ3) is 6.56. The third-order valence-corrected chi connectivity index (χ3v) is 4.67. The lowest BCUT2D eigenvalue weighted by Crippen LogP contribution is -2.22. The molecule has 0 spiro atoms. The van der Waals surface area contributed by atoms with Crippen LogP contribution in [-0.4, -0.2) is 26.2 Å². The fraction of sp³-hybridized carbons (Fsp3) is 0.381. The number of aryl methyl sites for hydroxylation is 1. The van der Waals surface area contributed by atoms with Crippen LogP contribution in [0.1, 0.15) is 25.0 Å². The second-order valence-corrected chi connectivity index (χ2v) is 7.64. The number of halogens is 1. The van der Waals surface area contributed by atoms with Crippen molar-refractivity contribution in [3.05, 3.63) is 52.0 Å². The number of hydrogen-bond donors (Lipinski definition) is 2. The molecule has 0 aliphatic carbocycles. The van der Waals surface area contributed by atoms with Gasteiger partial charge in [-0.2, -0.15) is 0 Å². The van der Waals surface area contributed by atoms with Gasteiger partial charge in [0.1, 0.15) is 0 Å². The van der Waals surface area contributed by atoms with Crippen molar-refractivity contribution in [2.75, 3.05) is 25.6 Å². The molecule has 0 radical (unpaired) electrons. The fourth-order valence-electron chi connectivity index (χ4n) is 2.52. The van der Waals surface area contributed by atoms with Crippen LogP contribution < -0.4 is 20.1 Å². The van der Waals surface area contributed by atoms with Crippen LogP contribution in [0, 0.1) is 12.8 Å². The first kappa shape index (κ1) is 21.3. The Hall–Kier alpha value is -2.05. The molecule has 2 aromatic rings. The molecule has 1 amide bonds. The van der Waals surface area contributed by atoms with Gasteiger partial charge >= 0.3 is 0 Å². The van der Waals surface area contributed by atoms with E-state index in [9.17, 15) is 4.79 Å². The summed E-state index contributed by atoms with van der Waals surface area (Å²) in [6.45, 7) is 7.71. The molecule has 0 heterocycles. The van der Waals surface area contributed by atoms with Crippen LogP contribution in [0.3, 0.4) is 0 Å². The second kappa shape index (κ2) is 10.3. The second-order valence-electron chi connectivity index (χ2n) is 6.78. The predicted octanol–water partition coefficient (Wildman–Crippen LogP) is 4.53. The van der Waals surface area contributed by atoms with Gasteiger partial charge in [-0.25, -0.2) is 0 Å². The summed E-state index contributed by atoms with van der Waals surface area (Å²) in [5.74, 6) is 1.49. The maximum Gasteiger partial charge on any atom is 0.262 e. The Morgan fingerprint density at radius 3 is 2.48 bits per heavy atom. The number of hydrogen-bond acceptors (Lipinski definition) is 4. The number of anilines is 1. The maximum atomic E-state index is 12.3. The van der Waals surface area contributed by atoms with E-state index in [2.05, 4.69) is 40.4 Å². The molecule has 6 heteroatoms. The molecule has 0 atom stereocenters. The lowest BCUT2D eigenvalue weighted by Gasteiger charge is -2.17. The molecule has 0 saturated carbocycles. The summed E-state index contributed by atoms with van der Waals surface area (Å²) in [7, 11) is 1.59. The van der Waals surface area contributed by atoms with Gasteiger partial charge in [0, 0.05) is 22.3 Å². The maximum absolute atomic E-state index is 12.3. The molecular formula is C21H27BrN2O3. The van der Waals surface area contributed by atoms with Crippen LogP contribution in [0.4, 0.5) is 5.69 Å². The Balaban J connectivity index is 2.07. The molecule has 2 N–H and O–H groups in total. The van der Waals surface area contributed by atoms with E-state index < -0.39 is 0 Å². The Kier molecular flexibility index (Phi) is 8.13. The van der Waals surface area contributed by atoms with Gasteiger partial charge in [0.25, 0.3) is 5.91 Å². The van der Waals surface area contributed by atoms with E-state index in [-0.39, 0.29) is 12.5 Å². The number of carbonyl (C=O) groups excluding carboxylic acids is 1. The fourth-order valence-corrected chi connectivity index (χ4v) is 2.98. The van der Waals surface area contributed by atoms with Crippen molar-refractivity contribution in [1.29, 1.82) is 0 Å². The average Bonchev–Trinajstić information content (AvgIpc) is 2.63. The standard InChI is InChI=1S/C21H27BrN2O3/c1-14(2)11-23-12-17-18(22)9-10-19(26-4)21(17)27-13-20(25)24-16-7-5-15(3)6-8-16/h5-10,14,23H,11-13H2,1-4H3,(H,24,25). The highest BCUT2D eigenvalue weighted by molar-refractivity contribution is 9.10. The van der Waals surface area contributed by atoms with Crippen LogP contribution in [-0.2, 0) is 11.3 Å². The SMILES string of the molecule is COc1ccc(Br)c(CNCC(C)C)c1OCC(=O)Nc1ccc(C)cc1. The van der Waals surface area contributed by atoms with Crippen LogP contribution >= 0.6 is 15.9 Å². The van der Waals surface area contributed by atoms with Crippen molar-refractivity contribution in [3.8, 4) is 11.5 Å². The first-order valence-electron chi connectivity index (χ1n) is 8.96. The van der Waals surface area contributed by atoms with Crippen molar-refractivity contribution in [2.45, 2.75) is 27.3 Å². The molecule has 146 valence electrons. The minimum Gasteiger partial charge on any atom is -0.493 e. The van der Waals surface area contributed by atoms with E-state index in [0.717, 1.165) is 27.8 Å². The van der Waals surface area contributed by atoms with E-state index >= 15 is 0 Å². The van der Waals surface area contributed by atoms with Gasteiger partial charge in [0.15, 0.2) is 18.1 Å². The first-order valence-corrected chi connectivity index (χ1v) is 9.75. The summed E-state index contributed by atoms with van der Waals surface area (Å²) < 4.78 is 12.2. The minimum atomic E-state index is -0.220. The number of amides is 1. The summed E-state index contributed by atoms with van der Waals surface area (Å²) in [5.41, 5.74) is 2.81. The number of carbonyl (C=O) groups is 1. The smallest absolute Gasteiger partial charge is 0.262 e. The van der Waals surface area contributed by atoms with Crippen LogP contribution in [0.25, 0.3) is 0 Å². The molecule has 0 fully saturated rings. The minimum absolute atomic E-state index is 0.0993. The Morgan fingerprint density at radius 1 is 1.15 bits per heavy atom. The number of ether oxygens (including phenoxy) is 2. The topological polar surface area (TPSA) is 59.6 Å². The highest BCUT2D eigenvalue weighted by atomic mass is 79.9. The molecule has 0 bridgehead atoms. The van der Waals surface area contributed by atoms with Crippen molar-refractivity contribution < 1.29 is 14.3 Å². The average molecular weight is 435 g/mol. The Bertz CT molecular complexity index is 761. The van der Waals surface area contributed by atoms with Gasteiger partial charge < -0.3 is 20.1 Å². The highest BCUT2D eigenvalue weighted by Gasteiger charge is 2.16. The lowest BCUT2D eigenvalue weighted by atomic mass is 10.1. The number of methoxy groups -OCH3 is 1. The van der Waals surface area contributed by atoms with E-state index in [1.54, 1.807) is 7.11 Å². The molecule has 0 saturated heterocycles. The molecule has 2 rings (SSSR count). The largest absolute Gasteiger partial charge is 0.493 e. The molecule has 0 aliphatic heterocycles. The zero-order valence-corrected chi connectivity index (χ0v) is 17.9. The van der Waals surface area contributed by atoms with Gasteiger partial charge in [-0.15, -0.1) is 0 Å². The molecule has 0 unspecified atom stereocenters.